The Morgan fingerprint density at radius 3 is 2.57 bits per heavy atom. The Labute approximate surface area is 163 Å². The normalized spacial score (nSPS) is 19.4. The molecule has 0 bridgehead atoms. The molecule has 1 unspecified atom stereocenters. The quantitative estimate of drug-likeness (QED) is 0.676. The number of rotatable bonds is 3. The number of ether oxygens (including phenoxy) is 1. The zero-order chi connectivity index (χ0) is 19.3. The zero-order valence-corrected chi connectivity index (χ0v) is 16.1. The minimum Gasteiger partial charge on any atom is -0.424 e. The van der Waals surface area contributed by atoms with E-state index in [4.69, 9.17) is 9.15 Å². The highest BCUT2D eigenvalue weighted by Gasteiger charge is 2.39. The van der Waals surface area contributed by atoms with E-state index in [0.29, 0.717) is 31.4 Å². The van der Waals surface area contributed by atoms with E-state index < -0.39 is 16.1 Å². The molecule has 5 rings (SSSR count). The molecule has 7 nitrogen and oxygen atoms in total. The van der Waals surface area contributed by atoms with E-state index in [0.717, 1.165) is 22.3 Å². The van der Waals surface area contributed by atoms with Crippen molar-refractivity contribution in [1.82, 2.24) is 14.5 Å². The smallest absolute Gasteiger partial charge is 0.244 e. The summed E-state index contributed by atoms with van der Waals surface area (Å²) in [6, 6.07) is 12.5. The van der Waals surface area contributed by atoms with Crippen LogP contribution in [0.3, 0.4) is 0 Å². The van der Waals surface area contributed by atoms with Crippen LogP contribution in [0.2, 0.25) is 0 Å². The first kappa shape index (κ1) is 17.5. The van der Waals surface area contributed by atoms with Gasteiger partial charge in [-0.05, 0) is 40.8 Å². The molecule has 3 aromatic rings. The molecule has 0 N–H and O–H groups in total. The SMILES string of the molecule is Cc1nnc(C2Cc3ccccc3CN2S(=O)(=O)c2ccc3c(c2)COC3)o1. The Morgan fingerprint density at radius 1 is 1.00 bits per heavy atom. The molecule has 0 spiro atoms. The molecular formula is C20H19N3O4S. The number of sulfonamides is 1. The molecular weight excluding hydrogens is 378 g/mol. The van der Waals surface area contributed by atoms with Crippen LogP contribution in [-0.4, -0.2) is 22.9 Å². The fraction of sp³-hybridized carbons (Fsp3) is 0.300. The lowest BCUT2D eigenvalue weighted by atomic mass is 9.96. The summed E-state index contributed by atoms with van der Waals surface area (Å²) >= 11 is 0. The van der Waals surface area contributed by atoms with Crippen molar-refractivity contribution in [2.75, 3.05) is 0 Å². The molecule has 0 saturated heterocycles. The first-order valence-corrected chi connectivity index (χ1v) is 10.5. The molecule has 1 aromatic heterocycles. The lowest BCUT2D eigenvalue weighted by Crippen LogP contribution is -2.39. The van der Waals surface area contributed by atoms with Crippen molar-refractivity contribution in [3.63, 3.8) is 0 Å². The summed E-state index contributed by atoms with van der Waals surface area (Å²) in [4.78, 5) is 0.261. The van der Waals surface area contributed by atoms with Crippen molar-refractivity contribution in [2.24, 2.45) is 0 Å². The maximum absolute atomic E-state index is 13.6. The van der Waals surface area contributed by atoms with Crippen LogP contribution >= 0.6 is 0 Å². The van der Waals surface area contributed by atoms with E-state index in [9.17, 15) is 8.42 Å². The minimum absolute atomic E-state index is 0.261. The molecule has 0 aliphatic carbocycles. The molecule has 2 aliphatic heterocycles. The standard InChI is InChI=1S/C20H19N3O4S/c1-13-21-22-20(27-13)19-9-14-4-2-3-5-15(14)10-23(19)28(24,25)18-7-6-16-11-26-12-17(16)8-18/h2-8,19H,9-12H2,1H3. The third kappa shape index (κ3) is 2.85. The molecule has 0 amide bonds. The number of hydrogen-bond donors (Lipinski definition) is 0. The fourth-order valence-corrected chi connectivity index (χ4v) is 5.46. The molecule has 1 atom stereocenters. The predicted molar refractivity (Wildman–Crippen MR) is 99.6 cm³/mol. The third-order valence-electron chi connectivity index (χ3n) is 5.33. The average molecular weight is 397 g/mol. The number of fused-ring (bicyclic) bond motifs is 2. The molecule has 0 saturated carbocycles. The van der Waals surface area contributed by atoms with Gasteiger partial charge in [0.1, 0.15) is 6.04 Å². The van der Waals surface area contributed by atoms with Gasteiger partial charge in [0.05, 0.1) is 18.1 Å². The number of hydrogen-bond acceptors (Lipinski definition) is 6. The van der Waals surface area contributed by atoms with Gasteiger partial charge in [-0.25, -0.2) is 8.42 Å². The van der Waals surface area contributed by atoms with Crippen LogP contribution in [-0.2, 0) is 40.9 Å². The Hall–Kier alpha value is -2.55. The summed E-state index contributed by atoms with van der Waals surface area (Å²) in [6.45, 7) is 2.93. The molecule has 2 aromatic carbocycles. The number of nitrogens with zero attached hydrogens (tertiary/aromatic N) is 3. The highest BCUT2D eigenvalue weighted by Crippen LogP contribution is 2.37. The van der Waals surface area contributed by atoms with Gasteiger partial charge in [-0.3, -0.25) is 0 Å². The summed E-state index contributed by atoms with van der Waals surface area (Å²) in [7, 11) is -3.76. The Bertz CT molecular complexity index is 1160. The van der Waals surface area contributed by atoms with Crippen molar-refractivity contribution in [3.05, 3.63) is 76.5 Å². The van der Waals surface area contributed by atoms with Crippen molar-refractivity contribution in [3.8, 4) is 0 Å². The second kappa shape index (κ2) is 6.51. The highest BCUT2D eigenvalue weighted by molar-refractivity contribution is 7.89. The van der Waals surface area contributed by atoms with Gasteiger partial charge in [0.2, 0.25) is 21.8 Å². The van der Waals surface area contributed by atoms with E-state index in [2.05, 4.69) is 10.2 Å². The number of benzene rings is 2. The molecule has 8 heteroatoms. The molecule has 0 fully saturated rings. The summed E-state index contributed by atoms with van der Waals surface area (Å²) in [5.74, 6) is 0.737. The van der Waals surface area contributed by atoms with Crippen LogP contribution in [0, 0.1) is 6.92 Å². The maximum Gasteiger partial charge on any atom is 0.244 e. The minimum atomic E-state index is -3.76. The van der Waals surface area contributed by atoms with Crippen LogP contribution in [0.25, 0.3) is 0 Å². The van der Waals surface area contributed by atoms with Crippen LogP contribution in [0.5, 0.6) is 0 Å². The van der Waals surface area contributed by atoms with Crippen LogP contribution in [0.15, 0.2) is 51.8 Å². The van der Waals surface area contributed by atoms with Crippen molar-refractivity contribution < 1.29 is 17.6 Å². The second-order valence-electron chi connectivity index (χ2n) is 7.12. The molecule has 144 valence electrons. The first-order chi connectivity index (χ1) is 13.5. The Balaban J connectivity index is 1.60. The zero-order valence-electron chi connectivity index (χ0n) is 15.3. The predicted octanol–water partition coefficient (Wildman–Crippen LogP) is 2.90. The molecule has 3 heterocycles. The summed E-state index contributed by atoms with van der Waals surface area (Å²) in [6.07, 6.45) is 0.491. The van der Waals surface area contributed by atoms with Crippen molar-refractivity contribution in [1.29, 1.82) is 0 Å². The molecule has 0 radical (unpaired) electrons. The third-order valence-corrected chi connectivity index (χ3v) is 7.18. The summed E-state index contributed by atoms with van der Waals surface area (Å²) in [5, 5.41) is 8.01. The van der Waals surface area contributed by atoms with E-state index >= 15 is 0 Å². The molecule has 2 aliphatic rings. The topological polar surface area (TPSA) is 85.5 Å². The van der Waals surface area contributed by atoms with Gasteiger partial charge >= 0.3 is 0 Å². The van der Waals surface area contributed by atoms with E-state index in [1.807, 2.05) is 30.3 Å². The van der Waals surface area contributed by atoms with E-state index in [1.54, 1.807) is 19.1 Å². The van der Waals surface area contributed by atoms with Gasteiger partial charge in [-0.2, -0.15) is 4.31 Å². The molecule has 28 heavy (non-hydrogen) atoms. The van der Waals surface area contributed by atoms with Crippen LogP contribution < -0.4 is 0 Å². The highest BCUT2D eigenvalue weighted by atomic mass is 32.2. The fourth-order valence-electron chi connectivity index (χ4n) is 3.85. The lowest BCUT2D eigenvalue weighted by molar-refractivity contribution is 0.134. The van der Waals surface area contributed by atoms with Gasteiger partial charge in [0.15, 0.2) is 0 Å². The monoisotopic (exact) mass is 397 g/mol. The van der Waals surface area contributed by atoms with Gasteiger partial charge in [-0.15, -0.1) is 10.2 Å². The average Bonchev–Trinajstić information content (AvgIpc) is 3.35. The second-order valence-corrected chi connectivity index (χ2v) is 9.01. The van der Waals surface area contributed by atoms with E-state index in [1.165, 1.54) is 4.31 Å². The van der Waals surface area contributed by atoms with Crippen LogP contribution in [0.1, 0.15) is 40.1 Å². The largest absolute Gasteiger partial charge is 0.424 e. The summed E-state index contributed by atoms with van der Waals surface area (Å²) in [5.41, 5.74) is 4.04. The van der Waals surface area contributed by atoms with Gasteiger partial charge in [0.25, 0.3) is 0 Å². The summed E-state index contributed by atoms with van der Waals surface area (Å²) < 4.78 is 39.7. The van der Waals surface area contributed by atoms with Crippen molar-refractivity contribution >= 4 is 10.0 Å². The van der Waals surface area contributed by atoms with Crippen LogP contribution in [0.4, 0.5) is 0 Å². The van der Waals surface area contributed by atoms with Gasteiger partial charge in [0, 0.05) is 13.5 Å². The lowest BCUT2D eigenvalue weighted by Gasteiger charge is -2.34. The van der Waals surface area contributed by atoms with Gasteiger partial charge < -0.3 is 9.15 Å². The van der Waals surface area contributed by atoms with Crippen molar-refractivity contribution in [2.45, 2.75) is 44.0 Å². The maximum atomic E-state index is 13.6. The Kier molecular flexibility index (Phi) is 4.08. The first-order valence-electron chi connectivity index (χ1n) is 9.10. The van der Waals surface area contributed by atoms with E-state index in [-0.39, 0.29) is 11.4 Å². The number of aromatic nitrogens is 2. The Morgan fingerprint density at radius 2 is 1.79 bits per heavy atom. The number of aryl methyl sites for hydroxylation is 1. The van der Waals surface area contributed by atoms with Gasteiger partial charge in [-0.1, -0.05) is 30.3 Å².